The Balaban J connectivity index is 1.78. The third kappa shape index (κ3) is 5.04. The lowest BCUT2D eigenvalue weighted by molar-refractivity contribution is 0.0945. The molecule has 3 aromatic rings. The van der Waals surface area contributed by atoms with Crippen LogP contribution in [0.15, 0.2) is 77.7 Å². The van der Waals surface area contributed by atoms with E-state index in [9.17, 15) is 26.8 Å². The quantitative estimate of drug-likeness (QED) is 0.522. The van der Waals surface area contributed by atoms with Crippen molar-refractivity contribution >= 4 is 27.5 Å². The number of amides is 2. The van der Waals surface area contributed by atoms with E-state index in [1.807, 2.05) is 10.3 Å². The first-order chi connectivity index (χ1) is 14.3. The molecule has 0 aliphatic carbocycles. The van der Waals surface area contributed by atoms with Crippen molar-refractivity contribution < 1.29 is 26.8 Å². The molecule has 2 amide bonds. The number of carbonyl (C=O) groups excluding carboxylic acids is 2. The number of anilines is 1. The highest BCUT2D eigenvalue weighted by atomic mass is 32.2. The molecule has 0 bridgehead atoms. The van der Waals surface area contributed by atoms with Crippen LogP contribution in [-0.4, -0.2) is 20.2 Å². The van der Waals surface area contributed by atoms with Gasteiger partial charge in [0.15, 0.2) is 0 Å². The van der Waals surface area contributed by atoms with Crippen molar-refractivity contribution in [3.05, 3.63) is 95.6 Å². The van der Waals surface area contributed by atoms with Crippen molar-refractivity contribution in [2.45, 2.75) is 4.90 Å². The van der Waals surface area contributed by atoms with Crippen LogP contribution in [0, 0.1) is 11.6 Å². The summed E-state index contributed by atoms with van der Waals surface area (Å²) in [7, 11) is -4.20. The molecule has 0 saturated heterocycles. The molecule has 3 N–H and O–H groups in total. The maximum atomic E-state index is 13.7. The number of hydrogen-bond acceptors (Lipinski definition) is 4. The minimum Gasteiger partial charge on any atom is -0.321 e. The van der Waals surface area contributed by atoms with Gasteiger partial charge < -0.3 is 5.32 Å². The van der Waals surface area contributed by atoms with E-state index in [0.717, 1.165) is 36.4 Å². The first-order valence-corrected chi connectivity index (χ1v) is 9.98. The number of hydrogen-bond donors (Lipinski definition) is 3. The second-order valence-electron chi connectivity index (χ2n) is 6.02. The summed E-state index contributed by atoms with van der Waals surface area (Å²) in [6, 6.07) is 15.1. The smallest absolute Gasteiger partial charge is 0.268 e. The zero-order valence-corrected chi connectivity index (χ0v) is 16.0. The van der Waals surface area contributed by atoms with Crippen molar-refractivity contribution in [2.75, 3.05) is 5.32 Å². The van der Waals surface area contributed by atoms with Crippen LogP contribution < -0.4 is 15.6 Å². The molecular formula is C20H15F2N3O4S. The molecule has 154 valence electrons. The lowest BCUT2D eigenvalue weighted by atomic mass is 10.1. The van der Waals surface area contributed by atoms with Gasteiger partial charge in [-0.25, -0.2) is 17.2 Å². The molecule has 0 heterocycles. The zero-order chi connectivity index (χ0) is 21.7. The number of sulfonamides is 1. The van der Waals surface area contributed by atoms with Crippen molar-refractivity contribution in [2.24, 2.45) is 0 Å². The SMILES string of the molecule is O=C(Nc1ccc(F)cc1C(=O)NNS(=O)(=O)c1ccc(F)cc1)c1ccccc1. The summed E-state index contributed by atoms with van der Waals surface area (Å²) in [6.07, 6.45) is 0. The zero-order valence-electron chi connectivity index (χ0n) is 15.2. The molecule has 0 spiro atoms. The largest absolute Gasteiger partial charge is 0.321 e. The lowest BCUT2D eigenvalue weighted by Crippen LogP contribution is -2.41. The van der Waals surface area contributed by atoms with Crippen molar-refractivity contribution in [3.8, 4) is 0 Å². The summed E-state index contributed by atoms with van der Waals surface area (Å²) in [5, 5.41) is 2.48. The van der Waals surface area contributed by atoms with E-state index in [2.05, 4.69) is 5.32 Å². The third-order valence-corrected chi connectivity index (χ3v) is 5.20. The molecule has 0 aliphatic rings. The van der Waals surface area contributed by atoms with E-state index in [1.165, 1.54) is 6.07 Å². The van der Waals surface area contributed by atoms with E-state index in [4.69, 9.17) is 0 Å². The highest BCUT2D eigenvalue weighted by Crippen LogP contribution is 2.18. The highest BCUT2D eigenvalue weighted by molar-refractivity contribution is 7.89. The van der Waals surface area contributed by atoms with Crippen LogP contribution in [0.1, 0.15) is 20.7 Å². The van der Waals surface area contributed by atoms with Gasteiger partial charge in [0.1, 0.15) is 11.6 Å². The molecule has 0 fully saturated rings. The number of carbonyl (C=O) groups is 2. The normalized spacial score (nSPS) is 11.0. The van der Waals surface area contributed by atoms with Gasteiger partial charge in [0.25, 0.3) is 21.8 Å². The Morgan fingerprint density at radius 1 is 0.767 bits per heavy atom. The van der Waals surface area contributed by atoms with Crippen molar-refractivity contribution in [3.63, 3.8) is 0 Å². The molecule has 10 heteroatoms. The average Bonchev–Trinajstić information content (AvgIpc) is 2.74. The van der Waals surface area contributed by atoms with Gasteiger partial charge in [0.05, 0.1) is 16.1 Å². The fraction of sp³-hybridized carbons (Fsp3) is 0. The Morgan fingerprint density at radius 2 is 1.40 bits per heavy atom. The van der Waals surface area contributed by atoms with Gasteiger partial charge in [-0.05, 0) is 54.6 Å². The van der Waals surface area contributed by atoms with E-state index >= 15 is 0 Å². The fourth-order valence-corrected chi connectivity index (χ4v) is 3.29. The predicted molar refractivity (Wildman–Crippen MR) is 105 cm³/mol. The summed E-state index contributed by atoms with van der Waals surface area (Å²) < 4.78 is 51.0. The number of benzene rings is 3. The van der Waals surface area contributed by atoms with Crippen LogP contribution in [-0.2, 0) is 10.0 Å². The molecule has 3 rings (SSSR count). The Bertz CT molecular complexity index is 1180. The van der Waals surface area contributed by atoms with Gasteiger partial charge in [-0.15, -0.1) is 4.83 Å². The minimum absolute atomic E-state index is 0.0243. The molecule has 0 saturated carbocycles. The van der Waals surface area contributed by atoms with Crippen molar-refractivity contribution in [1.29, 1.82) is 0 Å². The number of hydrazine groups is 1. The van der Waals surface area contributed by atoms with Crippen molar-refractivity contribution in [1.82, 2.24) is 10.3 Å². The van der Waals surface area contributed by atoms with E-state index in [-0.39, 0.29) is 16.1 Å². The summed E-state index contributed by atoms with van der Waals surface area (Å²) in [5.74, 6) is -2.94. The summed E-state index contributed by atoms with van der Waals surface area (Å²) in [4.78, 5) is 26.3. The Morgan fingerprint density at radius 3 is 2.07 bits per heavy atom. The number of rotatable bonds is 6. The standard InChI is InChI=1S/C20H15F2N3O4S/c21-14-6-9-16(10-7-14)30(28,29)25-24-20(27)17-12-15(22)8-11-18(17)23-19(26)13-4-2-1-3-5-13/h1-12,25H,(H,23,26)(H,24,27). The summed E-state index contributed by atoms with van der Waals surface area (Å²) >= 11 is 0. The average molecular weight is 431 g/mol. The predicted octanol–water partition coefficient (Wildman–Crippen LogP) is 2.84. The van der Waals surface area contributed by atoms with Gasteiger partial charge in [-0.2, -0.15) is 0 Å². The van der Waals surface area contributed by atoms with Crippen LogP contribution in [0.25, 0.3) is 0 Å². The summed E-state index contributed by atoms with van der Waals surface area (Å²) in [6.45, 7) is 0. The molecule has 0 aliphatic heterocycles. The summed E-state index contributed by atoms with van der Waals surface area (Å²) in [5.41, 5.74) is 1.93. The second-order valence-corrected chi connectivity index (χ2v) is 7.71. The van der Waals surface area contributed by atoms with Gasteiger partial charge >= 0.3 is 0 Å². The van der Waals surface area contributed by atoms with Crippen LogP contribution in [0.3, 0.4) is 0 Å². The van der Waals surface area contributed by atoms with Crippen LogP contribution in [0.4, 0.5) is 14.5 Å². The first kappa shape index (κ1) is 21.1. The third-order valence-electron chi connectivity index (χ3n) is 3.93. The Labute approximate surface area is 170 Å². The van der Waals surface area contributed by atoms with Gasteiger partial charge in [-0.3, -0.25) is 15.0 Å². The van der Waals surface area contributed by atoms with E-state index in [1.54, 1.807) is 30.3 Å². The topological polar surface area (TPSA) is 104 Å². The molecule has 0 aromatic heterocycles. The molecule has 7 nitrogen and oxygen atoms in total. The number of nitrogens with one attached hydrogen (secondary N) is 3. The van der Waals surface area contributed by atoms with E-state index in [0.29, 0.717) is 5.56 Å². The van der Waals surface area contributed by atoms with Crippen LogP contribution in [0.2, 0.25) is 0 Å². The van der Waals surface area contributed by atoms with Gasteiger partial charge in [0.2, 0.25) is 0 Å². The molecule has 0 unspecified atom stereocenters. The van der Waals surface area contributed by atoms with Crippen LogP contribution >= 0.6 is 0 Å². The maximum Gasteiger partial charge on any atom is 0.268 e. The molecular weight excluding hydrogens is 416 g/mol. The molecule has 3 aromatic carbocycles. The molecule has 0 radical (unpaired) electrons. The molecule has 0 atom stereocenters. The maximum absolute atomic E-state index is 13.7. The van der Waals surface area contributed by atoms with Crippen LogP contribution in [0.5, 0.6) is 0 Å². The van der Waals surface area contributed by atoms with Gasteiger partial charge in [-0.1, -0.05) is 18.2 Å². The van der Waals surface area contributed by atoms with Gasteiger partial charge in [0, 0.05) is 5.56 Å². The Hall–Kier alpha value is -3.63. The lowest BCUT2D eigenvalue weighted by Gasteiger charge is -2.13. The second kappa shape index (κ2) is 8.80. The molecule has 30 heavy (non-hydrogen) atoms. The Kier molecular flexibility index (Phi) is 6.19. The fourth-order valence-electron chi connectivity index (χ4n) is 2.45. The number of halogens is 2. The minimum atomic E-state index is -4.20. The monoisotopic (exact) mass is 431 g/mol. The first-order valence-electron chi connectivity index (χ1n) is 8.50. The van der Waals surface area contributed by atoms with E-state index < -0.39 is 33.5 Å². The highest BCUT2D eigenvalue weighted by Gasteiger charge is 2.19.